The summed E-state index contributed by atoms with van der Waals surface area (Å²) in [6.07, 6.45) is 0. The molecule has 0 fully saturated rings. The van der Waals surface area contributed by atoms with E-state index in [0.29, 0.717) is 18.7 Å². The van der Waals surface area contributed by atoms with Crippen molar-refractivity contribution in [2.75, 3.05) is 19.7 Å². The van der Waals surface area contributed by atoms with Crippen molar-refractivity contribution in [2.45, 2.75) is 20.8 Å². The highest BCUT2D eigenvalue weighted by molar-refractivity contribution is 9.10. The van der Waals surface area contributed by atoms with Crippen molar-refractivity contribution < 1.29 is 14.3 Å². The third-order valence-electron chi connectivity index (χ3n) is 4.07. The Morgan fingerprint density at radius 3 is 2.35 bits per heavy atom. The lowest BCUT2D eigenvalue weighted by Crippen LogP contribution is -2.37. The Labute approximate surface area is 162 Å². The van der Waals surface area contributed by atoms with E-state index in [1.807, 2.05) is 45.0 Å². The smallest absolute Gasteiger partial charge is 0.258 e. The molecule has 2 aromatic carbocycles. The molecule has 138 valence electrons. The topological polar surface area (TPSA) is 67.4 Å². The largest absolute Gasteiger partial charge is 0.483 e. The van der Waals surface area contributed by atoms with Crippen LogP contribution in [0.3, 0.4) is 0 Å². The van der Waals surface area contributed by atoms with Crippen LogP contribution < -0.4 is 15.4 Å². The van der Waals surface area contributed by atoms with Gasteiger partial charge >= 0.3 is 0 Å². The maximum atomic E-state index is 12.0. The maximum absolute atomic E-state index is 12.0. The van der Waals surface area contributed by atoms with Crippen LogP contribution in [0.2, 0.25) is 0 Å². The van der Waals surface area contributed by atoms with Gasteiger partial charge in [0.2, 0.25) is 0 Å². The lowest BCUT2D eigenvalue weighted by atomic mass is 10.1. The molecule has 0 aromatic heterocycles. The molecule has 0 aliphatic carbocycles. The molecule has 0 saturated carbocycles. The van der Waals surface area contributed by atoms with E-state index in [-0.39, 0.29) is 18.4 Å². The predicted octanol–water partition coefficient (Wildman–Crippen LogP) is 3.30. The van der Waals surface area contributed by atoms with Crippen LogP contribution in [0.15, 0.2) is 40.9 Å². The highest BCUT2D eigenvalue weighted by atomic mass is 79.9. The van der Waals surface area contributed by atoms with Crippen LogP contribution >= 0.6 is 15.9 Å². The number of amides is 2. The molecular weight excluding hydrogens is 396 g/mol. The van der Waals surface area contributed by atoms with Gasteiger partial charge < -0.3 is 15.4 Å². The second-order valence-electron chi connectivity index (χ2n) is 6.03. The SMILES string of the molecule is Cc1ccc(C)c(OCC(=O)NCCNC(=O)c2ccccc2Br)c1C. The quantitative estimate of drug-likeness (QED) is 0.677. The average molecular weight is 419 g/mol. The average Bonchev–Trinajstić information content (AvgIpc) is 2.62. The molecule has 2 amide bonds. The van der Waals surface area contributed by atoms with Crippen LogP contribution in [0, 0.1) is 20.8 Å². The Bertz CT molecular complexity index is 806. The Balaban J connectivity index is 1.74. The summed E-state index contributed by atoms with van der Waals surface area (Å²) in [6, 6.07) is 11.2. The predicted molar refractivity (Wildman–Crippen MR) is 106 cm³/mol. The molecule has 0 spiro atoms. The van der Waals surface area contributed by atoms with Gasteiger partial charge in [0.15, 0.2) is 6.61 Å². The molecule has 0 atom stereocenters. The second-order valence-corrected chi connectivity index (χ2v) is 6.88. The Morgan fingerprint density at radius 2 is 1.62 bits per heavy atom. The zero-order valence-electron chi connectivity index (χ0n) is 15.2. The molecule has 0 unspecified atom stereocenters. The third kappa shape index (κ3) is 5.33. The molecular formula is C20H23BrN2O3. The van der Waals surface area contributed by atoms with E-state index in [2.05, 4.69) is 26.6 Å². The molecule has 0 aliphatic rings. The van der Waals surface area contributed by atoms with Crippen molar-refractivity contribution in [3.8, 4) is 5.75 Å². The number of carbonyl (C=O) groups is 2. The van der Waals surface area contributed by atoms with Crippen molar-refractivity contribution in [2.24, 2.45) is 0 Å². The summed E-state index contributed by atoms with van der Waals surface area (Å²) in [4.78, 5) is 24.0. The minimum atomic E-state index is -0.222. The van der Waals surface area contributed by atoms with E-state index in [1.54, 1.807) is 12.1 Å². The third-order valence-corrected chi connectivity index (χ3v) is 4.76. The van der Waals surface area contributed by atoms with Gasteiger partial charge in [0.25, 0.3) is 11.8 Å². The molecule has 2 rings (SSSR count). The molecule has 0 bridgehead atoms. The molecule has 0 radical (unpaired) electrons. The molecule has 0 saturated heterocycles. The Kier molecular flexibility index (Phi) is 7.21. The van der Waals surface area contributed by atoms with Crippen LogP contribution in [-0.2, 0) is 4.79 Å². The minimum Gasteiger partial charge on any atom is -0.483 e. The van der Waals surface area contributed by atoms with Gasteiger partial charge in [-0.15, -0.1) is 0 Å². The fraction of sp³-hybridized carbons (Fsp3) is 0.300. The summed E-state index contributed by atoms with van der Waals surface area (Å²) >= 11 is 3.34. The van der Waals surface area contributed by atoms with Gasteiger partial charge in [0.1, 0.15) is 5.75 Å². The van der Waals surface area contributed by atoms with Crippen LogP contribution in [0.4, 0.5) is 0 Å². The van der Waals surface area contributed by atoms with E-state index in [9.17, 15) is 9.59 Å². The lowest BCUT2D eigenvalue weighted by molar-refractivity contribution is -0.123. The number of rotatable bonds is 7. The van der Waals surface area contributed by atoms with Gasteiger partial charge in [-0.2, -0.15) is 0 Å². The number of benzene rings is 2. The van der Waals surface area contributed by atoms with Gasteiger partial charge in [-0.25, -0.2) is 0 Å². The normalized spacial score (nSPS) is 10.3. The number of ether oxygens (including phenoxy) is 1. The number of carbonyl (C=O) groups excluding carboxylic acids is 2. The number of aryl methyl sites for hydroxylation is 2. The van der Waals surface area contributed by atoms with Crippen molar-refractivity contribution in [1.29, 1.82) is 0 Å². The van der Waals surface area contributed by atoms with Crippen LogP contribution in [0.25, 0.3) is 0 Å². The monoisotopic (exact) mass is 418 g/mol. The van der Waals surface area contributed by atoms with Crippen molar-refractivity contribution in [3.63, 3.8) is 0 Å². The van der Waals surface area contributed by atoms with Gasteiger partial charge in [0.05, 0.1) is 5.56 Å². The Hall–Kier alpha value is -2.34. The summed E-state index contributed by atoms with van der Waals surface area (Å²) in [5.74, 6) is 0.344. The van der Waals surface area contributed by atoms with Crippen molar-refractivity contribution in [1.82, 2.24) is 10.6 Å². The fourth-order valence-electron chi connectivity index (χ4n) is 2.45. The summed E-state index contributed by atoms with van der Waals surface area (Å²) in [5.41, 5.74) is 3.73. The van der Waals surface area contributed by atoms with Gasteiger partial charge in [-0.1, -0.05) is 24.3 Å². The summed E-state index contributed by atoms with van der Waals surface area (Å²) in [7, 11) is 0. The standard InChI is InChI=1S/C20H23BrN2O3/c1-13-8-9-14(2)19(15(13)3)26-12-18(24)22-10-11-23-20(25)16-6-4-5-7-17(16)21/h4-9H,10-12H2,1-3H3,(H,22,24)(H,23,25). The summed E-state index contributed by atoms with van der Waals surface area (Å²) in [5, 5.41) is 5.51. The molecule has 26 heavy (non-hydrogen) atoms. The van der Waals surface area contributed by atoms with Gasteiger partial charge in [-0.05, 0) is 65.5 Å². The lowest BCUT2D eigenvalue weighted by Gasteiger charge is -2.14. The number of hydrogen-bond donors (Lipinski definition) is 2. The van der Waals surface area contributed by atoms with Crippen LogP contribution in [0.1, 0.15) is 27.0 Å². The number of hydrogen-bond acceptors (Lipinski definition) is 3. The molecule has 2 N–H and O–H groups in total. The summed E-state index contributed by atoms with van der Waals surface area (Å²) in [6.45, 7) is 6.57. The molecule has 0 heterocycles. The molecule has 2 aromatic rings. The first kappa shape index (κ1) is 20.0. The highest BCUT2D eigenvalue weighted by Gasteiger charge is 2.10. The fourth-order valence-corrected chi connectivity index (χ4v) is 2.92. The highest BCUT2D eigenvalue weighted by Crippen LogP contribution is 2.25. The van der Waals surface area contributed by atoms with Gasteiger partial charge in [-0.3, -0.25) is 9.59 Å². The van der Waals surface area contributed by atoms with Crippen molar-refractivity contribution >= 4 is 27.7 Å². The minimum absolute atomic E-state index is 0.0523. The summed E-state index contributed by atoms with van der Waals surface area (Å²) < 4.78 is 6.40. The van der Waals surface area contributed by atoms with Crippen LogP contribution in [0.5, 0.6) is 5.75 Å². The van der Waals surface area contributed by atoms with E-state index in [0.717, 1.165) is 26.9 Å². The first-order valence-electron chi connectivity index (χ1n) is 8.39. The Morgan fingerprint density at radius 1 is 0.962 bits per heavy atom. The number of halogens is 1. The van der Waals surface area contributed by atoms with Crippen LogP contribution in [-0.4, -0.2) is 31.5 Å². The zero-order chi connectivity index (χ0) is 19.1. The van der Waals surface area contributed by atoms with Crippen molar-refractivity contribution in [3.05, 3.63) is 63.1 Å². The van der Waals surface area contributed by atoms with E-state index in [1.165, 1.54) is 0 Å². The molecule has 6 heteroatoms. The first-order chi connectivity index (χ1) is 12.4. The second kappa shape index (κ2) is 9.38. The first-order valence-corrected chi connectivity index (χ1v) is 9.18. The van der Waals surface area contributed by atoms with E-state index in [4.69, 9.17) is 4.74 Å². The number of nitrogens with one attached hydrogen (secondary N) is 2. The van der Waals surface area contributed by atoms with E-state index < -0.39 is 0 Å². The zero-order valence-corrected chi connectivity index (χ0v) is 16.8. The van der Waals surface area contributed by atoms with Gasteiger partial charge in [0, 0.05) is 17.6 Å². The van der Waals surface area contributed by atoms with E-state index >= 15 is 0 Å². The maximum Gasteiger partial charge on any atom is 0.258 e. The molecule has 0 aliphatic heterocycles. The molecule has 5 nitrogen and oxygen atoms in total.